The Morgan fingerprint density at radius 1 is 1.18 bits per heavy atom. The van der Waals surface area contributed by atoms with Crippen molar-refractivity contribution in [3.8, 4) is 0 Å². The van der Waals surface area contributed by atoms with E-state index in [1.54, 1.807) is 11.2 Å². The molecule has 3 aromatic rings. The van der Waals surface area contributed by atoms with Crippen LogP contribution in [0.25, 0.3) is 0 Å². The predicted molar refractivity (Wildman–Crippen MR) is 113 cm³/mol. The van der Waals surface area contributed by atoms with Crippen LogP contribution in [0.15, 0.2) is 77.2 Å². The molecule has 0 saturated carbocycles. The van der Waals surface area contributed by atoms with Crippen molar-refractivity contribution in [2.24, 2.45) is 12.1 Å². The average molecular weight is 411 g/mol. The molecule has 4 rings (SSSR count). The Morgan fingerprint density at radius 3 is 2.61 bits per heavy atom. The lowest BCUT2D eigenvalue weighted by Gasteiger charge is -2.22. The number of imidazole rings is 1. The lowest BCUT2D eigenvalue weighted by Crippen LogP contribution is -2.28. The molecule has 0 fully saturated rings. The fourth-order valence-electron chi connectivity index (χ4n) is 3.17. The molecule has 1 aromatic heterocycles. The molecule has 0 bridgehead atoms. The summed E-state index contributed by atoms with van der Waals surface area (Å²) in [6.45, 7) is 0. The van der Waals surface area contributed by atoms with E-state index < -0.39 is 0 Å². The number of benzene rings is 2. The molecule has 28 heavy (non-hydrogen) atoms. The first-order valence-corrected chi connectivity index (χ1v) is 10.3. The minimum absolute atomic E-state index is 0.0427. The molecule has 0 unspecified atom stereocenters. The van der Waals surface area contributed by atoms with Gasteiger partial charge in [-0.05, 0) is 23.3 Å². The zero-order valence-electron chi connectivity index (χ0n) is 15.3. The maximum Gasteiger partial charge on any atom is 0.253 e. The number of rotatable bonds is 5. The number of halogens is 1. The number of aryl methyl sites for hydroxylation is 1. The Balaban J connectivity index is 1.59. The van der Waals surface area contributed by atoms with Crippen molar-refractivity contribution in [1.29, 1.82) is 0 Å². The summed E-state index contributed by atoms with van der Waals surface area (Å²) < 4.78 is 1.90. The van der Waals surface area contributed by atoms with Crippen molar-refractivity contribution in [2.75, 3.05) is 5.75 Å². The lowest BCUT2D eigenvalue weighted by molar-refractivity contribution is -0.130. The van der Waals surface area contributed by atoms with Crippen LogP contribution in [-0.2, 0) is 11.8 Å². The maximum absolute atomic E-state index is 13.0. The number of carbonyl (C=O) groups is 1. The van der Waals surface area contributed by atoms with Gasteiger partial charge in [-0.15, -0.1) is 0 Å². The van der Waals surface area contributed by atoms with E-state index in [0.717, 1.165) is 22.0 Å². The van der Waals surface area contributed by atoms with Gasteiger partial charge >= 0.3 is 0 Å². The highest BCUT2D eigenvalue weighted by Gasteiger charge is 2.33. The molecule has 1 amide bonds. The second-order valence-electron chi connectivity index (χ2n) is 6.53. The Morgan fingerprint density at radius 2 is 1.93 bits per heavy atom. The molecule has 7 heteroatoms. The highest BCUT2D eigenvalue weighted by atomic mass is 35.5. The van der Waals surface area contributed by atoms with E-state index in [1.807, 2.05) is 72.4 Å². The van der Waals surface area contributed by atoms with Crippen LogP contribution in [0.5, 0.6) is 0 Å². The first-order valence-electron chi connectivity index (χ1n) is 8.92. The second-order valence-corrected chi connectivity index (χ2v) is 7.91. The Labute approximate surface area is 173 Å². The molecule has 2 heterocycles. The smallest absolute Gasteiger partial charge is 0.253 e. The standard InChI is InChI=1S/C21H19ClN4OS/c1-25-12-11-23-21(25)28-14-20(27)26-19(16-7-9-17(22)10-8-16)13-18(24-26)15-5-3-2-4-6-15/h2-12,19H,13-14H2,1H3/t19-/m0/s1. The summed E-state index contributed by atoms with van der Waals surface area (Å²) in [4.78, 5) is 17.3. The maximum atomic E-state index is 13.0. The third kappa shape index (κ3) is 3.98. The van der Waals surface area contributed by atoms with Crippen LogP contribution in [0.1, 0.15) is 23.6 Å². The topological polar surface area (TPSA) is 50.5 Å². The lowest BCUT2D eigenvalue weighted by atomic mass is 9.98. The molecule has 1 atom stereocenters. The van der Waals surface area contributed by atoms with Gasteiger partial charge in [0, 0.05) is 30.9 Å². The molecule has 2 aromatic carbocycles. The number of thioether (sulfide) groups is 1. The molecule has 142 valence electrons. The van der Waals surface area contributed by atoms with Gasteiger partial charge in [-0.1, -0.05) is 65.8 Å². The summed E-state index contributed by atoms with van der Waals surface area (Å²) >= 11 is 7.46. The van der Waals surface area contributed by atoms with Crippen LogP contribution < -0.4 is 0 Å². The molecule has 5 nitrogen and oxygen atoms in total. The van der Waals surface area contributed by atoms with Gasteiger partial charge < -0.3 is 4.57 Å². The first-order chi connectivity index (χ1) is 13.6. The molecular formula is C21H19ClN4OS. The van der Waals surface area contributed by atoms with Gasteiger partial charge in [0.1, 0.15) is 0 Å². The number of hydrogen-bond donors (Lipinski definition) is 0. The molecule has 0 radical (unpaired) electrons. The Kier molecular flexibility index (Phi) is 5.50. The van der Waals surface area contributed by atoms with Gasteiger partial charge in [0.15, 0.2) is 5.16 Å². The quantitative estimate of drug-likeness (QED) is 0.580. The number of carbonyl (C=O) groups excluding carboxylic acids is 1. The van der Waals surface area contributed by atoms with E-state index in [-0.39, 0.29) is 17.7 Å². The van der Waals surface area contributed by atoms with Crippen LogP contribution in [-0.4, -0.2) is 31.9 Å². The van der Waals surface area contributed by atoms with Crippen molar-refractivity contribution in [2.45, 2.75) is 17.6 Å². The largest absolute Gasteiger partial charge is 0.329 e. The molecule has 0 aliphatic carbocycles. The number of nitrogens with zero attached hydrogens (tertiary/aromatic N) is 4. The second kappa shape index (κ2) is 8.20. The minimum Gasteiger partial charge on any atom is -0.329 e. The normalized spacial score (nSPS) is 16.3. The van der Waals surface area contributed by atoms with Gasteiger partial charge in [-0.3, -0.25) is 4.79 Å². The zero-order valence-corrected chi connectivity index (χ0v) is 16.9. The molecule has 1 aliphatic rings. The monoisotopic (exact) mass is 410 g/mol. The minimum atomic E-state index is -0.137. The van der Waals surface area contributed by atoms with Gasteiger partial charge in [0.25, 0.3) is 5.91 Å². The molecule has 0 N–H and O–H groups in total. The van der Waals surface area contributed by atoms with Crippen molar-refractivity contribution in [3.05, 3.63) is 83.1 Å². The zero-order chi connectivity index (χ0) is 19.5. The van der Waals surface area contributed by atoms with Crippen molar-refractivity contribution < 1.29 is 4.79 Å². The van der Waals surface area contributed by atoms with Crippen molar-refractivity contribution in [3.63, 3.8) is 0 Å². The molecule has 1 aliphatic heterocycles. The van der Waals surface area contributed by atoms with Gasteiger partial charge in [-0.2, -0.15) is 5.10 Å². The van der Waals surface area contributed by atoms with E-state index in [4.69, 9.17) is 11.6 Å². The molecule has 0 saturated heterocycles. The summed E-state index contributed by atoms with van der Waals surface area (Å²) in [6.07, 6.45) is 4.26. The number of hydrazone groups is 1. The Hall–Kier alpha value is -2.57. The number of amides is 1. The van der Waals surface area contributed by atoms with Gasteiger partial charge in [0.05, 0.1) is 17.5 Å². The third-order valence-electron chi connectivity index (χ3n) is 4.63. The first kappa shape index (κ1) is 18.8. The van der Waals surface area contributed by atoms with Crippen LogP contribution >= 0.6 is 23.4 Å². The fourth-order valence-corrected chi connectivity index (χ4v) is 4.08. The van der Waals surface area contributed by atoms with E-state index in [2.05, 4.69) is 10.1 Å². The van der Waals surface area contributed by atoms with Crippen LogP contribution in [0.2, 0.25) is 5.02 Å². The summed E-state index contributed by atoms with van der Waals surface area (Å²) in [5.74, 6) is 0.236. The van der Waals surface area contributed by atoms with Gasteiger partial charge in [0.2, 0.25) is 0 Å². The van der Waals surface area contributed by atoms with Crippen molar-refractivity contribution >= 4 is 35.0 Å². The average Bonchev–Trinajstić information content (AvgIpc) is 3.34. The van der Waals surface area contributed by atoms with E-state index in [0.29, 0.717) is 11.4 Å². The summed E-state index contributed by atoms with van der Waals surface area (Å²) in [5.41, 5.74) is 2.97. The number of hydrogen-bond acceptors (Lipinski definition) is 4. The SMILES string of the molecule is Cn1ccnc1SCC(=O)N1N=C(c2ccccc2)C[C@H]1c1ccc(Cl)cc1. The van der Waals surface area contributed by atoms with Crippen LogP contribution in [0, 0.1) is 0 Å². The number of aromatic nitrogens is 2. The summed E-state index contributed by atoms with van der Waals surface area (Å²) in [6, 6.07) is 17.5. The van der Waals surface area contributed by atoms with E-state index in [9.17, 15) is 4.79 Å². The third-order valence-corrected chi connectivity index (χ3v) is 5.92. The molecular weight excluding hydrogens is 392 g/mol. The summed E-state index contributed by atoms with van der Waals surface area (Å²) in [7, 11) is 1.91. The highest BCUT2D eigenvalue weighted by molar-refractivity contribution is 7.99. The molecule has 0 spiro atoms. The fraction of sp³-hybridized carbons (Fsp3) is 0.190. The van der Waals surface area contributed by atoms with E-state index >= 15 is 0 Å². The van der Waals surface area contributed by atoms with Crippen LogP contribution in [0.3, 0.4) is 0 Å². The van der Waals surface area contributed by atoms with Crippen molar-refractivity contribution in [1.82, 2.24) is 14.6 Å². The van der Waals surface area contributed by atoms with E-state index in [1.165, 1.54) is 11.8 Å². The highest BCUT2D eigenvalue weighted by Crippen LogP contribution is 2.34. The Bertz CT molecular complexity index is 1000. The summed E-state index contributed by atoms with van der Waals surface area (Å²) in [5, 5.41) is 7.78. The van der Waals surface area contributed by atoms with Gasteiger partial charge in [-0.25, -0.2) is 9.99 Å². The van der Waals surface area contributed by atoms with Crippen LogP contribution in [0.4, 0.5) is 0 Å². The predicted octanol–water partition coefficient (Wildman–Crippen LogP) is 4.54.